The summed E-state index contributed by atoms with van der Waals surface area (Å²) < 4.78 is 10.4. The molecule has 28 heavy (non-hydrogen) atoms. The van der Waals surface area contributed by atoms with Crippen LogP contribution in [0.15, 0.2) is 67.3 Å². The Hall–Kier alpha value is -2.98. The first-order valence-electron chi connectivity index (χ1n) is 9.34. The Morgan fingerprint density at radius 1 is 0.964 bits per heavy atom. The monoisotopic (exact) mass is 378 g/mol. The summed E-state index contributed by atoms with van der Waals surface area (Å²) in [6.07, 6.45) is 5.42. The fourth-order valence-corrected chi connectivity index (χ4v) is 2.82. The molecule has 4 nitrogen and oxygen atoms in total. The third kappa shape index (κ3) is 6.97. The highest BCUT2D eigenvalue weighted by atomic mass is 16.5. The Balaban J connectivity index is 2.06. The molecule has 2 aromatic rings. The van der Waals surface area contributed by atoms with E-state index in [1.54, 1.807) is 19.1 Å². The van der Waals surface area contributed by atoms with Crippen LogP contribution < -0.4 is 0 Å². The molecule has 0 aliphatic heterocycles. The van der Waals surface area contributed by atoms with E-state index in [0.717, 1.165) is 22.3 Å². The minimum Gasteiger partial charge on any atom is -0.463 e. The van der Waals surface area contributed by atoms with Crippen molar-refractivity contribution in [3.05, 3.63) is 89.5 Å². The summed E-state index contributed by atoms with van der Waals surface area (Å²) in [5.41, 5.74) is 3.70. The fourth-order valence-electron chi connectivity index (χ4n) is 2.82. The van der Waals surface area contributed by atoms with E-state index in [0.29, 0.717) is 32.7 Å². The molecule has 0 aromatic heterocycles. The van der Waals surface area contributed by atoms with E-state index in [-0.39, 0.29) is 5.78 Å². The molecule has 0 saturated heterocycles. The van der Waals surface area contributed by atoms with Gasteiger partial charge in [-0.2, -0.15) is 0 Å². The summed E-state index contributed by atoms with van der Waals surface area (Å²) in [7, 11) is 0. The van der Waals surface area contributed by atoms with Gasteiger partial charge in [-0.3, -0.25) is 4.79 Å². The van der Waals surface area contributed by atoms with Gasteiger partial charge in [0.15, 0.2) is 0 Å². The zero-order valence-corrected chi connectivity index (χ0v) is 16.2. The maximum atomic E-state index is 12.7. The van der Waals surface area contributed by atoms with Crippen LogP contribution in [0, 0.1) is 0 Å². The van der Waals surface area contributed by atoms with Gasteiger partial charge in [-0.15, -0.1) is 6.58 Å². The molecule has 0 saturated carbocycles. The molecule has 0 N–H and O–H groups in total. The number of ketones is 1. The van der Waals surface area contributed by atoms with Gasteiger partial charge in [0.25, 0.3) is 0 Å². The number of carbonyl (C=O) groups excluding carboxylic acids is 2. The summed E-state index contributed by atoms with van der Waals surface area (Å²) in [5.74, 6) is -0.287. The minimum atomic E-state index is -0.392. The van der Waals surface area contributed by atoms with Crippen LogP contribution in [0.2, 0.25) is 0 Å². The van der Waals surface area contributed by atoms with Crippen LogP contribution in [0.1, 0.15) is 29.2 Å². The number of carbonyl (C=O) groups is 2. The Morgan fingerprint density at radius 3 is 2.32 bits per heavy atom. The largest absolute Gasteiger partial charge is 0.463 e. The van der Waals surface area contributed by atoms with Gasteiger partial charge in [0, 0.05) is 18.9 Å². The molecule has 2 rings (SSSR count). The molecular formula is C24H26O4. The highest BCUT2D eigenvalue weighted by molar-refractivity contribution is 5.88. The van der Waals surface area contributed by atoms with Crippen LogP contribution in [-0.2, 0) is 38.5 Å². The van der Waals surface area contributed by atoms with Gasteiger partial charge < -0.3 is 9.47 Å². The molecular weight excluding hydrogens is 352 g/mol. The molecule has 146 valence electrons. The highest BCUT2D eigenvalue weighted by Crippen LogP contribution is 2.16. The fraction of sp³-hybridized carbons (Fsp3) is 0.250. The van der Waals surface area contributed by atoms with Crippen molar-refractivity contribution in [3.8, 4) is 0 Å². The third-order valence-corrected chi connectivity index (χ3v) is 4.13. The topological polar surface area (TPSA) is 52.6 Å². The van der Waals surface area contributed by atoms with Crippen LogP contribution >= 0.6 is 0 Å². The standard InChI is InChI=1S/C24H26O4/c1-3-15-27-18-22-12-8-7-11-21(22)17-23(25)16-20-10-6-5-9-19(20)13-14-24(26)28-4-2/h3,5-14H,1,4,15-18H2,2H3/b14-13+. The second kappa shape index (κ2) is 11.7. The second-order valence-corrected chi connectivity index (χ2v) is 6.25. The van der Waals surface area contributed by atoms with Crippen molar-refractivity contribution in [1.29, 1.82) is 0 Å². The van der Waals surface area contributed by atoms with Gasteiger partial charge in [-0.05, 0) is 35.3 Å². The summed E-state index contributed by atoms with van der Waals surface area (Å²) >= 11 is 0. The molecule has 0 radical (unpaired) electrons. The van der Waals surface area contributed by atoms with Gasteiger partial charge >= 0.3 is 5.97 Å². The van der Waals surface area contributed by atoms with Crippen LogP contribution in [-0.4, -0.2) is 25.0 Å². The first kappa shape index (κ1) is 21.3. The minimum absolute atomic E-state index is 0.105. The quantitative estimate of drug-likeness (QED) is 0.253. The Kier molecular flexibility index (Phi) is 8.89. The van der Waals surface area contributed by atoms with E-state index in [9.17, 15) is 9.59 Å². The molecule has 0 fully saturated rings. The molecule has 0 aliphatic rings. The smallest absolute Gasteiger partial charge is 0.330 e. The molecule has 0 heterocycles. The first-order valence-corrected chi connectivity index (χ1v) is 9.34. The number of esters is 1. The number of rotatable bonds is 11. The number of benzene rings is 2. The maximum absolute atomic E-state index is 12.7. The van der Waals surface area contributed by atoms with Crippen molar-refractivity contribution in [3.63, 3.8) is 0 Å². The second-order valence-electron chi connectivity index (χ2n) is 6.25. The molecule has 0 atom stereocenters. The Morgan fingerprint density at radius 2 is 1.61 bits per heavy atom. The lowest BCUT2D eigenvalue weighted by molar-refractivity contribution is -0.137. The van der Waals surface area contributed by atoms with E-state index in [1.165, 1.54) is 6.08 Å². The predicted octanol–water partition coefficient (Wildman–Crippen LogP) is 4.32. The zero-order chi connectivity index (χ0) is 20.2. The maximum Gasteiger partial charge on any atom is 0.330 e. The Bertz CT molecular complexity index is 836. The van der Waals surface area contributed by atoms with Gasteiger partial charge in [-0.1, -0.05) is 54.6 Å². The summed E-state index contributed by atoms with van der Waals surface area (Å²) in [6.45, 7) is 6.66. The molecule has 2 aromatic carbocycles. The van der Waals surface area contributed by atoms with E-state index >= 15 is 0 Å². The molecule has 0 unspecified atom stereocenters. The lowest BCUT2D eigenvalue weighted by Crippen LogP contribution is -2.10. The summed E-state index contributed by atoms with van der Waals surface area (Å²) in [5, 5.41) is 0. The molecule has 0 amide bonds. The van der Waals surface area contributed by atoms with Crippen molar-refractivity contribution in [2.24, 2.45) is 0 Å². The van der Waals surface area contributed by atoms with Gasteiger partial charge in [0.1, 0.15) is 5.78 Å². The summed E-state index contributed by atoms with van der Waals surface area (Å²) in [6, 6.07) is 15.4. The molecule has 4 heteroatoms. The van der Waals surface area contributed by atoms with Crippen molar-refractivity contribution >= 4 is 17.8 Å². The van der Waals surface area contributed by atoms with Crippen molar-refractivity contribution in [2.75, 3.05) is 13.2 Å². The van der Waals surface area contributed by atoms with Crippen molar-refractivity contribution < 1.29 is 19.1 Å². The summed E-state index contributed by atoms with van der Waals surface area (Å²) in [4.78, 5) is 24.2. The molecule has 0 aliphatic carbocycles. The van der Waals surface area contributed by atoms with Gasteiger partial charge in [0.05, 0.1) is 19.8 Å². The van der Waals surface area contributed by atoms with E-state index < -0.39 is 5.97 Å². The first-order chi connectivity index (χ1) is 13.6. The van der Waals surface area contributed by atoms with E-state index in [2.05, 4.69) is 6.58 Å². The molecule has 0 spiro atoms. The van der Waals surface area contributed by atoms with Crippen LogP contribution in [0.3, 0.4) is 0 Å². The number of hydrogen-bond acceptors (Lipinski definition) is 4. The third-order valence-electron chi connectivity index (χ3n) is 4.13. The lowest BCUT2D eigenvalue weighted by atomic mass is 9.96. The number of ether oxygens (including phenoxy) is 2. The van der Waals surface area contributed by atoms with E-state index in [1.807, 2.05) is 48.5 Å². The Labute approximate surface area is 166 Å². The average molecular weight is 378 g/mol. The number of Topliss-reactive ketones (excluding diaryl/α,β-unsaturated/α-hetero) is 1. The highest BCUT2D eigenvalue weighted by Gasteiger charge is 2.11. The van der Waals surface area contributed by atoms with Crippen LogP contribution in [0.4, 0.5) is 0 Å². The lowest BCUT2D eigenvalue weighted by Gasteiger charge is -2.10. The van der Waals surface area contributed by atoms with Gasteiger partial charge in [0.2, 0.25) is 0 Å². The van der Waals surface area contributed by atoms with Crippen molar-refractivity contribution in [2.45, 2.75) is 26.4 Å². The number of hydrogen-bond donors (Lipinski definition) is 0. The average Bonchev–Trinajstić information content (AvgIpc) is 2.69. The predicted molar refractivity (Wildman–Crippen MR) is 111 cm³/mol. The normalized spacial score (nSPS) is 10.8. The SMILES string of the molecule is C=CCOCc1ccccc1CC(=O)Cc1ccccc1/C=C/C(=O)OCC. The van der Waals surface area contributed by atoms with E-state index in [4.69, 9.17) is 9.47 Å². The van der Waals surface area contributed by atoms with Crippen LogP contribution in [0.25, 0.3) is 6.08 Å². The molecule has 0 bridgehead atoms. The van der Waals surface area contributed by atoms with Crippen molar-refractivity contribution in [1.82, 2.24) is 0 Å². The van der Waals surface area contributed by atoms with Gasteiger partial charge in [-0.25, -0.2) is 4.79 Å². The zero-order valence-electron chi connectivity index (χ0n) is 16.2. The van der Waals surface area contributed by atoms with Crippen LogP contribution in [0.5, 0.6) is 0 Å².